The van der Waals surface area contributed by atoms with Crippen molar-refractivity contribution in [2.45, 2.75) is 13.5 Å². The van der Waals surface area contributed by atoms with Gasteiger partial charge < -0.3 is 14.9 Å². The number of benzene rings is 2. The molecule has 3 N–H and O–H groups in total. The molecule has 0 unspecified atom stereocenters. The number of hydrogen-bond acceptors (Lipinski definition) is 4. The molecule has 2 aromatic carbocycles. The second-order valence-electron chi connectivity index (χ2n) is 4.29. The summed E-state index contributed by atoms with van der Waals surface area (Å²) < 4.78 is 5.03. The fourth-order valence-electron chi connectivity index (χ4n) is 1.66. The van der Waals surface area contributed by atoms with E-state index in [0.29, 0.717) is 5.56 Å². The number of phenols is 2. The highest BCUT2D eigenvalue weighted by atomic mass is 16.5. The lowest BCUT2D eigenvalue weighted by Gasteiger charge is -2.10. The fraction of sp³-hybridized carbons (Fsp3) is 0.133. The largest absolute Gasteiger partial charge is 0.508 e. The van der Waals surface area contributed by atoms with Crippen LogP contribution in [-0.2, 0) is 11.3 Å². The van der Waals surface area contributed by atoms with Gasteiger partial charge in [0, 0.05) is 5.56 Å². The van der Waals surface area contributed by atoms with E-state index in [1.54, 1.807) is 6.92 Å². The molecule has 5 heteroatoms. The smallest absolute Gasteiger partial charge is 0.412 e. The Morgan fingerprint density at radius 2 is 1.85 bits per heavy atom. The summed E-state index contributed by atoms with van der Waals surface area (Å²) in [5, 5.41) is 21.6. The van der Waals surface area contributed by atoms with Crippen molar-refractivity contribution in [1.29, 1.82) is 0 Å². The average Bonchev–Trinajstić information content (AvgIpc) is 2.47. The third-order valence-electron chi connectivity index (χ3n) is 2.85. The molecular formula is C15H15NO4. The summed E-state index contributed by atoms with van der Waals surface area (Å²) in [6.45, 7) is 1.69. The Hall–Kier alpha value is -2.69. The SMILES string of the molecule is Cc1c(O)ccc(NC(=O)OCc2ccccc2)c1O. The summed E-state index contributed by atoms with van der Waals surface area (Å²) >= 11 is 0. The van der Waals surface area contributed by atoms with E-state index in [0.717, 1.165) is 5.56 Å². The molecule has 0 aromatic heterocycles. The highest BCUT2D eigenvalue weighted by Gasteiger charge is 2.11. The summed E-state index contributed by atoms with van der Waals surface area (Å²) in [5.74, 6) is -0.215. The Balaban J connectivity index is 1.97. The van der Waals surface area contributed by atoms with Gasteiger partial charge in [-0.2, -0.15) is 0 Å². The van der Waals surface area contributed by atoms with Crippen molar-refractivity contribution in [3.63, 3.8) is 0 Å². The van der Waals surface area contributed by atoms with Gasteiger partial charge in [-0.05, 0) is 24.6 Å². The molecule has 0 saturated heterocycles. The molecule has 104 valence electrons. The summed E-state index contributed by atoms with van der Waals surface area (Å²) in [6.07, 6.45) is -0.672. The highest BCUT2D eigenvalue weighted by molar-refractivity contribution is 5.87. The van der Waals surface area contributed by atoms with Crippen molar-refractivity contribution >= 4 is 11.8 Å². The topological polar surface area (TPSA) is 78.8 Å². The van der Waals surface area contributed by atoms with Crippen molar-refractivity contribution in [3.05, 3.63) is 53.6 Å². The van der Waals surface area contributed by atoms with Crippen molar-refractivity contribution in [3.8, 4) is 11.5 Å². The van der Waals surface area contributed by atoms with Crippen LogP contribution in [0.2, 0.25) is 0 Å². The molecular weight excluding hydrogens is 258 g/mol. The number of carbonyl (C=O) groups is 1. The Bertz CT molecular complexity index is 611. The third kappa shape index (κ3) is 3.20. The van der Waals surface area contributed by atoms with Gasteiger partial charge in [0.15, 0.2) is 0 Å². The van der Waals surface area contributed by atoms with Gasteiger partial charge in [0.1, 0.15) is 18.1 Å². The Morgan fingerprint density at radius 1 is 1.15 bits per heavy atom. The zero-order valence-electron chi connectivity index (χ0n) is 11.0. The minimum absolute atomic E-state index is 0.0364. The zero-order chi connectivity index (χ0) is 14.5. The molecule has 0 bridgehead atoms. The number of carbonyl (C=O) groups excluding carboxylic acids is 1. The normalized spacial score (nSPS) is 10.1. The maximum atomic E-state index is 11.6. The van der Waals surface area contributed by atoms with Gasteiger partial charge in [0.05, 0.1) is 5.69 Å². The monoisotopic (exact) mass is 273 g/mol. The quantitative estimate of drug-likeness (QED) is 0.593. The van der Waals surface area contributed by atoms with E-state index in [1.165, 1.54) is 12.1 Å². The molecule has 0 aliphatic rings. The van der Waals surface area contributed by atoms with Crippen LogP contribution in [0.5, 0.6) is 11.5 Å². The molecule has 0 saturated carbocycles. The second-order valence-corrected chi connectivity index (χ2v) is 4.29. The van der Waals surface area contributed by atoms with Crippen LogP contribution >= 0.6 is 0 Å². The average molecular weight is 273 g/mol. The van der Waals surface area contributed by atoms with Crippen molar-refractivity contribution in [2.75, 3.05) is 5.32 Å². The van der Waals surface area contributed by atoms with Crippen LogP contribution in [0.3, 0.4) is 0 Å². The van der Waals surface area contributed by atoms with E-state index in [4.69, 9.17) is 4.74 Å². The fourth-order valence-corrected chi connectivity index (χ4v) is 1.66. The van der Waals surface area contributed by atoms with E-state index in [2.05, 4.69) is 5.32 Å². The van der Waals surface area contributed by atoms with Crippen LogP contribution in [0.4, 0.5) is 10.5 Å². The second kappa shape index (κ2) is 5.97. The van der Waals surface area contributed by atoms with Gasteiger partial charge in [-0.1, -0.05) is 30.3 Å². The maximum absolute atomic E-state index is 11.6. The summed E-state index contributed by atoms with van der Waals surface area (Å²) in [5.41, 5.74) is 1.36. The summed E-state index contributed by atoms with van der Waals surface area (Å²) in [4.78, 5) is 11.6. The van der Waals surface area contributed by atoms with Gasteiger partial charge in [0.25, 0.3) is 0 Å². The van der Waals surface area contributed by atoms with Crippen molar-refractivity contribution in [1.82, 2.24) is 0 Å². The van der Waals surface area contributed by atoms with Crippen LogP contribution in [0.25, 0.3) is 0 Å². The molecule has 0 aliphatic heterocycles. The number of nitrogens with one attached hydrogen (secondary N) is 1. The van der Waals surface area contributed by atoms with E-state index in [-0.39, 0.29) is 23.8 Å². The number of anilines is 1. The first-order valence-electron chi connectivity index (χ1n) is 6.07. The minimum atomic E-state index is -0.672. The number of ether oxygens (including phenoxy) is 1. The van der Waals surface area contributed by atoms with Gasteiger partial charge >= 0.3 is 6.09 Å². The van der Waals surface area contributed by atoms with Crippen LogP contribution in [0.1, 0.15) is 11.1 Å². The molecule has 0 fully saturated rings. The lowest BCUT2D eigenvalue weighted by atomic mass is 10.1. The molecule has 0 atom stereocenters. The van der Waals surface area contributed by atoms with Crippen LogP contribution in [0.15, 0.2) is 42.5 Å². The molecule has 0 spiro atoms. The molecule has 0 radical (unpaired) electrons. The molecule has 0 heterocycles. The molecule has 2 rings (SSSR count). The Kier molecular flexibility index (Phi) is 4.10. The predicted molar refractivity (Wildman–Crippen MR) is 74.8 cm³/mol. The predicted octanol–water partition coefficient (Wildman–Crippen LogP) is 3.15. The highest BCUT2D eigenvalue weighted by Crippen LogP contribution is 2.33. The standard InChI is InChI=1S/C15H15NO4/c1-10-13(17)8-7-12(14(10)18)16-15(19)20-9-11-5-3-2-4-6-11/h2-8,17-18H,9H2,1H3,(H,16,19). The van der Waals surface area contributed by atoms with Crippen LogP contribution in [0, 0.1) is 6.92 Å². The van der Waals surface area contributed by atoms with Crippen LogP contribution in [-0.4, -0.2) is 16.3 Å². The van der Waals surface area contributed by atoms with Gasteiger partial charge in [-0.25, -0.2) is 4.79 Å². The molecule has 20 heavy (non-hydrogen) atoms. The third-order valence-corrected chi connectivity index (χ3v) is 2.85. The van der Waals surface area contributed by atoms with Crippen molar-refractivity contribution < 1.29 is 19.7 Å². The van der Waals surface area contributed by atoms with E-state index in [1.807, 2.05) is 30.3 Å². The Morgan fingerprint density at radius 3 is 2.55 bits per heavy atom. The van der Waals surface area contributed by atoms with E-state index in [9.17, 15) is 15.0 Å². The number of aromatic hydroxyl groups is 2. The number of amides is 1. The molecule has 2 aromatic rings. The summed E-state index contributed by atoms with van der Waals surface area (Å²) in [7, 11) is 0. The van der Waals surface area contributed by atoms with Gasteiger partial charge in [-0.15, -0.1) is 0 Å². The molecule has 1 amide bonds. The first-order valence-corrected chi connectivity index (χ1v) is 6.07. The number of rotatable bonds is 3. The first kappa shape index (κ1) is 13.7. The lowest BCUT2D eigenvalue weighted by Crippen LogP contribution is -2.13. The maximum Gasteiger partial charge on any atom is 0.412 e. The van der Waals surface area contributed by atoms with Gasteiger partial charge in [0.2, 0.25) is 0 Å². The minimum Gasteiger partial charge on any atom is -0.508 e. The number of hydrogen-bond donors (Lipinski definition) is 3. The summed E-state index contributed by atoms with van der Waals surface area (Å²) in [6, 6.07) is 12.1. The first-order chi connectivity index (χ1) is 9.58. The Labute approximate surface area is 116 Å². The molecule has 0 aliphatic carbocycles. The van der Waals surface area contributed by atoms with E-state index >= 15 is 0 Å². The lowest BCUT2D eigenvalue weighted by molar-refractivity contribution is 0.155. The van der Waals surface area contributed by atoms with Gasteiger partial charge in [-0.3, -0.25) is 5.32 Å². The zero-order valence-corrected chi connectivity index (χ0v) is 11.0. The van der Waals surface area contributed by atoms with E-state index < -0.39 is 6.09 Å². The van der Waals surface area contributed by atoms with Crippen LogP contribution < -0.4 is 5.32 Å². The van der Waals surface area contributed by atoms with Crippen molar-refractivity contribution in [2.24, 2.45) is 0 Å². The molecule has 5 nitrogen and oxygen atoms in total. The number of phenolic OH excluding ortho intramolecular Hbond substituents is 2.